The third-order valence-corrected chi connectivity index (χ3v) is 5.72. The molecule has 0 aliphatic rings. The van der Waals surface area contributed by atoms with Crippen LogP contribution in [-0.2, 0) is 4.79 Å². The number of carbonyl (C=O) groups excluding carboxylic acids is 1. The number of carbonyl (C=O) groups is 1. The van der Waals surface area contributed by atoms with Gasteiger partial charge in [0.15, 0.2) is 16.7 Å². The molecular formula is C23H29BrN4O2S. The van der Waals surface area contributed by atoms with Crippen molar-refractivity contribution in [3.05, 3.63) is 58.6 Å². The molecule has 1 heterocycles. The summed E-state index contributed by atoms with van der Waals surface area (Å²) in [5.41, 5.74) is 0. The third-order valence-electron chi connectivity index (χ3n) is 4.49. The Balaban J connectivity index is 1.97. The minimum absolute atomic E-state index is 0.119. The number of ether oxygens (including phenoxy) is 1. The number of benzene rings is 1. The number of allylic oxidation sites excluding steroid dienone is 1. The van der Waals surface area contributed by atoms with Gasteiger partial charge in [0.2, 0.25) is 5.91 Å². The summed E-state index contributed by atoms with van der Waals surface area (Å²) in [5.74, 6) is 2.38. The van der Waals surface area contributed by atoms with Crippen molar-refractivity contribution in [3.8, 4) is 11.5 Å². The topological polar surface area (TPSA) is 66.8 Å². The largest absolute Gasteiger partial charge is 0.453 e. The highest BCUT2D eigenvalue weighted by molar-refractivity contribution is 9.10. The average Bonchev–Trinajstić information content (AvgIpc) is 2.75. The van der Waals surface area contributed by atoms with Crippen molar-refractivity contribution in [3.63, 3.8) is 0 Å². The van der Waals surface area contributed by atoms with Gasteiger partial charge in [0.1, 0.15) is 5.75 Å². The summed E-state index contributed by atoms with van der Waals surface area (Å²) in [7, 11) is 1.73. The van der Waals surface area contributed by atoms with E-state index >= 15 is 0 Å². The molecule has 2 aromatic rings. The van der Waals surface area contributed by atoms with Crippen molar-refractivity contribution in [1.82, 2.24) is 9.88 Å². The number of halogens is 1. The molecule has 0 saturated carbocycles. The van der Waals surface area contributed by atoms with Crippen molar-refractivity contribution < 1.29 is 9.53 Å². The lowest BCUT2D eigenvalue weighted by Gasteiger charge is -2.20. The van der Waals surface area contributed by atoms with Crippen LogP contribution < -0.4 is 10.1 Å². The molecule has 0 fully saturated rings. The van der Waals surface area contributed by atoms with E-state index in [2.05, 4.69) is 44.2 Å². The lowest BCUT2D eigenvalue weighted by molar-refractivity contribution is -0.128. The van der Waals surface area contributed by atoms with Gasteiger partial charge in [-0.25, -0.2) is 4.98 Å². The van der Waals surface area contributed by atoms with Gasteiger partial charge < -0.3 is 15.0 Å². The first-order valence-corrected chi connectivity index (χ1v) is 11.8. The molecule has 0 spiro atoms. The van der Waals surface area contributed by atoms with E-state index in [0.717, 1.165) is 29.7 Å². The number of pyridine rings is 1. The van der Waals surface area contributed by atoms with Crippen molar-refractivity contribution in [2.75, 3.05) is 25.5 Å². The summed E-state index contributed by atoms with van der Waals surface area (Å²) in [4.78, 5) is 22.1. The van der Waals surface area contributed by atoms with Crippen LogP contribution in [0.4, 0.5) is 5.82 Å². The first kappa shape index (κ1) is 24.9. The number of aromatic nitrogens is 1. The molecule has 1 N–H and O–H groups in total. The molecule has 1 unspecified atom stereocenters. The summed E-state index contributed by atoms with van der Waals surface area (Å²) >= 11 is 4.93. The number of rotatable bonds is 9. The van der Waals surface area contributed by atoms with E-state index < -0.39 is 0 Å². The van der Waals surface area contributed by atoms with Gasteiger partial charge in [-0.1, -0.05) is 43.0 Å². The van der Waals surface area contributed by atoms with E-state index in [0.29, 0.717) is 22.7 Å². The number of aliphatic imine (C=N–C) groups is 1. The fourth-order valence-electron chi connectivity index (χ4n) is 2.68. The number of hydrogen-bond donors (Lipinski definition) is 1. The Hall–Kier alpha value is -2.32. The zero-order chi connectivity index (χ0) is 22.6. The van der Waals surface area contributed by atoms with Gasteiger partial charge in [-0.3, -0.25) is 9.79 Å². The van der Waals surface area contributed by atoms with E-state index in [1.807, 2.05) is 53.6 Å². The molecular weight excluding hydrogens is 476 g/mol. The quantitative estimate of drug-likeness (QED) is 0.326. The summed E-state index contributed by atoms with van der Waals surface area (Å²) in [6.07, 6.45) is 4.76. The SMILES string of the molecule is CCN(CCC(C)/C=C/SC(=NC)Nc1ncc(Br)cc1Oc1ccccc1)C(C)=O. The van der Waals surface area contributed by atoms with Gasteiger partial charge >= 0.3 is 0 Å². The smallest absolute Gasteiger partial charge is 0.219 e. The van der Waals surface area contributed by atoms with Crippen LogP contribution in [0.25, 0.3) is 0 Å². The number of nitrogens with one attached hydrogen (secondary N) is 1. The van der Waals surface area contributed by atoms with Crippen molar-refractivity contribution in [1.29, 1.82) is 0 Å². The Bertz CT molecular complexity index is 906. The van der Waals surface area contributed by atoms with E-state index in [4.69, 9.17) is 4.74 Å². The van der Waals surface area contributed by atoms with Crippen molar-refractivity contribution >= 4 is 44.6 Å². The van der Waals surface area contributed by atoms with Crippen LogP contribution in [-0.4, -0.2) is 41.1 Å². The van der Waals surface area contributed by atoms with Gasteiger partial charge in [-0.2, -0.15) is 0 Å². The second-order valence-corrected chi connectivity index (χ2v) is 8.69. The van der Waals surface area contributed by atoms with Crippen molar-refractivity contribution in [2.24, 2.45) is 10.9 Å². The van der Waals surface area contributed by atoms with E-state index in [-0.39, 0.29) is 5.91 Å². The molecule has 6 nitrogen and oxygen atoms in total. The molecule has 0 aliphatic carbocycles. The Labute approximate surface area is 197 Å². The summed E-state index contributed by atoms with van der Waals surface area (Å²) in [6.45, 7) is 7.26. The summed E-state index contributed by atoms with van der Waals surface area (Å²) < 4.78 is 6.82. The fourth-order valence-corrected chi connectivity index (χ4v) is 3.73. The van der Waals surface area contributed by atoms with E-state index in [1.54, 1.807) is 20.2 Å². The number of thioether (sulfide) groups is 1. The van der Waals surface area contributed by atoms with Crippen LogP contribution in [0.15, 0.2) is 63.5 Å². The number of nitrogens with zero attached hydrogens (tertiary/aromatic N) is 3. The van der Waals surface area contributed by atoms with E-state index in [9.17, 15) is 4.79 Å². The Kier molecular flexibility index (Phi) is 10.6. The zero-order valence-electron chi connectivity index (χ0n) is 18.3. The average molecular weight is 505 g/mol. The molecule has 1 atom stereocenters. The third kappa shape index (κ3) is 8.75. The highest BCUT2D eigenvalue weighted by Crippen LogP contribution is 2.31. The second kappa shape index (κ2) is 13.2. The maximum absolute atomic E-state index is 11.5. The summed E-state index contributed by atoms with van der Waals surface area (Å²) in [6, 6.07) is 11.4. The first-order chi connectivity index (χ1) is 14.9. The minimum Gasteiger partial charge on any atom is -0.453 e. The molecule has 0 aliphatic heterocycles. The van der Waals surface area contributed by atoms with Crippen LogP contribution in [0.1, 0.15) is 27.2 Å². The lowest BCUT2D eigenvalue weighted by Crippen LogP contribution is -2.30. The molecule has 166 valence electrons. The number of amidine groups is 1. The van der Waals surface area contributed by atoms with Crippen molar-refractivity contribution in [2.45, 2.75) is 27.2 Å². The number of amides is 1. The molecule has 1 aromatic heterocycles. The molecule has 8 heteroatoms. The van der Waals surface area contributed by atoms with Gasteiger partial charge in [-0.15, -0.1) is 0 Å². The molecule has 31 heavy (non-hydrogen) atoms. The predicted molar refractivity (Wildman–Crippen MR) is 134 cm³/mol. The van der Waals surface area contributed by atoms with Crippen LogP contribution in [0.5, 0.6) is 11.5 Å². The van der Waals surface area contributed by atoms with E-state index in [1.165, 1.54) is 11.8 Å². The standard InChI is InChI=1S/C23H29BrN4O2S/c1-5-28(18(3)29)13-11-17(2)12-14-31-23(25-4)27-22-21(15-19(24)16-26-22)30-20-9-7-6-8-10-20/h6-10,12,14-17H,5,11,13H2,1-4H3,(H,25,26,27)/b14-12+. The minimum atomic E-state index is 0.119. The van der Waals surface area contributed by atoms with Gasteiger partial charge in [0.05, 0.1) is 0 Å². The number of hydrogen-bond acceptors (Lipinski definition) is 5. The van der Waals surface area contributed by atoms with Crippen LogP contribution in [0.2, 0.25) is 0 Å². The monoisotopic (exact) mass is 504 g/mol. The molecule has 2 rings (SSSR count). The second-order valence-electron chi connectivity index (χ2n) is 6.88. The Morgan fingerprint density at radius 3 is 2.77 bits per heavy atom. The highest BCUT2D eigenvalue weighted by atomic mass is 79.9. The maximum Gasteiger partial charge on any atom is 0.219 e. The fraction of sp³-hybridized carbons (Fsp3) is 0.348. The van der Waals surface area contributed by atoms with Gasteiger partial charge in [0, 0.05) is 43.8 Å². The van der Waals surface area contributed by atoms with Crippen LogP contribution in [0.3, 0.4) is 0 Å². The molecule has 0 bridgehead atoms. The first-order valence-electron chi connectivity index (χ1n) is 10.1. The molecule has 1 aromatic carbocycles. The number of anilines is 1. The maximum atomic E-state index is 11.5. The van der Waals surface area contributed by atoms with Gasteiger partial charge in [0.25, 0.3) is 0 Å². The zero-order valence-corrected chi connectivity index (χ0v) is 20.7. The molecule has 0 saturated heterocycles. The van der Waals surface area contributed by atoms with Gasteiger partial charge in [-0.05, 0) is 52.7 Å². The highest BCUT2D eigenvalue weighted by Gasteiger charge is 2.11. The van der Waals surface area contributed by atoms with Crippen LogP contribution in [0, 0.1) is 5.92 Å². The number of para-hydroxylation sites is 1. The summed E-state index contributed by atoms with van der Waals surface area (Å²) in [5, 5.41) is 5.96. The van der Waals surface area contributed by atoms with Crippen LogP contribution >= 0.6 is 27.7 Å². The predicted octanol–water partition coefficient (Wildman–Crippen LogP) is 6.18. The molecule has 1 amide bonds. The lowest BCUT2D eigenvalue weighted by atomic mass is 10.1. The normalized spacial score (nSPS) is 12.6. The Morgan fingerprint density at radius 2 is 2.13 bits per heavy atom. The Morgan fingerprint density at radius 1 is 1.39 bits per heavy atom. The molecule has 0 radical (unpaired) electrons.